The van der Waals surface area contributed by atoms with Gasteiger partial charge in [0.25, 0.3) is 0 Å². The van der Waals surface area contributed by atoms with E-state index >= 15 is 0 Å². The molecule has 17 heavy (non-hydrogen) atoms. The average molecular weight is 239 g/mol. The van der Waals surface area contributed by atoms with Crippen molar-refractivity contribution >= 4 is 0 Å². The highest BCUT2D eigenvalue weighted by Gasteiger charge is 2.41. The number of methoxy groups -OCH3 is 1. The molecular formula is C14H25NO2. The number of nitrogens with one attached hydrogen (secondary N) is 1. The van der Waals surface area contributed by atoms with Crippen molar-refractivity contribution in [2.24, 2.45) is 0 Å². The van der Waals surface area contributed by atoms with Gasteiger partial charge in [-0.05, 0) is 32.7 Å². The summed E-state index contributed by atoms with van der Waals surface area (Å²) in [6, 6.07) is 0.358. The third-order valence-corrected chi connectivity index (χ3v) is 4.26. The molecule has 2 rings (SSSR count). The zero-order valence-corrected chi connectivity index (χ0v) is 11.1. The molecule has 1 aliphatic heterocycles. The molecule has 98 valence electrons. The number of likely N-dealkylation sites (N-methyl/N-ethyl adjacent to an activating group) is 1. The van der Waals surface area contributed by atoms with Gasteiger partial charge in [-0.25, -0.2) is 0 Å². The first-order chi connectivity index (χ1) is 8.32. The summed E-state index contributed by atoms with van der Waals surface area (Å²) in [7, 11) is 3.90. The Bertz CT molecular complexity index is 269. The summed E-state index contributed by atoms with van der Waals surface area (Å²) < 4.78 is 11.4. The van der Waals surface area contributed by atoms with Crippen LogP contribution in [0.25, 0.3) is 0 Å². The quantitative estimate of drug-likeness (QED) is 0.763. The lowest BCUT2D eigenvalue weighted by Crippen LogP contribution is -2.55. The molecular weight excluding hydrogens is 214 g/mol. The van der Waals surface area contributed by atoms with E-state index in [0.29, 0.717) is 6.04 Å². The van der Waals surface area contributed by atoms with Crippen LogP contribution in [0.15, 0.2) is 11.6 Å². The molecule has 0 bridgehead atoms. The van der Waals surface area contributed by atoms with E-state index in [1.807, 2.05) is 7.11 Å². The molecule has 3 nitrogen and oxygen atoms in total. The largest absolute Gasteiger partial charge is 0.381 e. The van der Waals surface area contributed by atoms with E-state index in [2.05, 4.69) is 18.4 Å². The van der Waals surface area contributed by atoms with E-state index in [1.54, 1.807) is 5.57 Å². The lowest BCUT2D eigenvalue weighted by atomic mass is 9.79. The minimum atomic E-state index is -0.0594. The number of rotatable bonds is 4. The van der Waals surface area contributed by atoms with Crippen molar-refractivity contribution in [1.82, 2.24) is 5.32 Å². The molecule has 0 spiro atoms. The van der Waals surface area contributed by atoms with E-state index in [0.717, 1.165) is 26.1 Å². The van der Waals surface area contributed by atoms with Crippen molar-refractivity contribution in [3.05, 3.63) is 11.6 Å². The van der Waals surface area contributed by atoms with Crippen molar-refractivity contribution in [3.63, 3.8) is 0 Å². The van der Waals surface area contributed by atoms with E-state index < -0.39 is 0 Å². The predicted molar refractivity (Wildman–Crippen MR) is 69.2 cm³/mol. The molecule has 3 heteroatoms. The Hall–Kier alpha value is -0.380. The highest BCUT2D eigenvalue weighted by Crippen LogP contribution is 2.34. The molecule has 1 fully saturated rings. The summed E-state index contributed by atoms with van der Waals surface area (Å²) in [6.45, 7) is 1.64. The Balaban J connectivity index is 2.16. The van der Waals surface area contributed by atoms with E-state index in [9.17, 15) is 0 Å². The standard InChI is InChI=1S/C14H25NO2/c1-15-13(12-6-4-3-5-7-12)14(16-2)8-10-17-11-9-14/h6,13,15H,3-5,7-11H2,1-2H3. The van der Waals surface area contributed by atoms with E-state index in [-0.39, 0.29) is 5.60 Å². The molecule has 2 aliphatic rings. The van der Waals surface area contributed by atoms with Crippen LogP contribution >= 0.6 is 0 Å². The van der Waals surface area contributed by atoms with Gasteiger partial charge in [-0.1, -0.05) is 11.6 Å². The molecule has 1 saturated heterocycles. The van der Waals surface area contributed by atoms with Gasteiger partial charge < -0.3 is 14.8 Å². The zero-order valence-electron chi connectivity index (χ0n) is 11.1. The fourth-order valence-electron chi connectivity index (χ4n) is 3.24. The predicted octanol–water partition coefficient (Wildman–Crippen LogP) is 2.27. The lowest BCUT2D eigenvalue weighted by Gasteiger charge is -2.43. The summed E-state index contributed by atoms with van der Waals surface area (Å²) >= 11 is 0. The molecule has 0 aromatic rings. The SMILES string of the molecule is CNC(C1=CCCCC1)C1(OC)CCOCC1. The Labute approximate surface area is 105 Å². The molecule has 1 aliphatic carbocycles. The highest BCUT2D eigenvalue weighted by atomic mass is 16.5. The number of hydrogen-bond donors (Lipinski definition) is 1. The van der Waals surface area contributed by atoms with Crippen LogP contribution < -0.4 is 5.32 Å². The number of hydrogen-bond acceptors (Lipinski definition) is 3. The Kier molecular flexibility index (Phi) is 4.60. The van der Waals surface area contributed by atoms with Crippen LogP contribution in [0.3, 0.4) is 0 Å². The van der Waals surface area contributed by atoms with Gasteiger partial charge in [-0.2, -0.15) is 0 Å². The molecule has 0 amide bonds. The van der Waals surface area contributed by atoms with Gasteiger partial charge in [0.1, 0.15) is 0 Å². The topological polar surface area (TPSA) is 30.5 Å². The van der Waals surface area contributed by atoms with Crippen molar-refractivity contribution in [2.45, 2.75) is 50.2 Å². The first kappa shape index (κ1) is 13.1. The third kappa shape index (κ3) is 2.72. The van der Waals surface area contributed by atoms with E-state index in [4.69, 9.17) is 9.47 Å². The van der Waals surface area contributed by atoms with Gasteiger partial charge in [0, 0.05) is 33.2 Å². The summed E-state index contributed by atoms with van der Waals surface area (Å²) in [5, 5.41) is 3.48. The van der Waals surface area contributed by atoms with Gasteiger partial charge in [0.05, 0.1) is 11.6 Å². The summed E-state index contributed by atoms with van der Waals surface area (Å²) in [4.78, 5) is 0. The maximum Gasteiger partial charge on any atom is 0.0912 e. The normalized spacial score (nSPS) is 26.4. The molecule has 1 N–H and O–H groups in total. The van der Waals surface area contributed by atoms with Crippen LogP contribution in [0.1, 0.15) is 38.5 Å². The van der Waals surface area contributed by atoms with Gasteiger partial charge in [-0.3, -0.25) is 0 Å². The van der Waals surface area contributed by atoms with Crippen molar-refractivity contribution in [2.75, 3.05) is 27.4 Å². The summed E-state index contributed by atoms with van der Waals surface area (Å²) in [5.74, 6) is 0. The van der Waals surface area contributed by atoms with Crippen LogP contribution in [0.5, 0.6) is 0 Å². The monoisotopic (exact) mass is 239 g/mol. The zero-order chi connectivity index (χ0) is 12.1. The lowest BCUT2D eigenvalue weighted by molar-refractivity contribution is -0.103. The van der Waals surface area contributed by atoms with Crippen molar-refractivity contribution in [3.8, 4) is 0 Å². The molecule has 1 heterocycles. The van der Waals surface area contributed by atoms with Gasteiger partial charge in [-0.15, -0.1) is 0 Å². The fraction of sp³-hybridized carbons (Fsp3) is 0.857. The molecule has 0 aromatic heterocycles. The van der Waals surface area contributed by atoms with Gasteiger partial charge >= 0.3 is 0 Å². The highest BCUT2D eigenvalue weighted by molar-refractivity contribution is 5.19. The Morgan fingerprint density at radius 2 is 2.12 bits per heavy atom. The molecule has 0 radical (unpaired) electrons. The van der Waals surface area contributed by atoms with E-state index in [1.165, 1.54) is 25.7 Å². The second kappa shape index (κ2) is 5.98. The second-order valence-electron chi connectivity index (χ2n) is 5.13. The first-order valence-electron chi connectivity index (χ1n) is 6.81. The maximum atomic E-state index is 5.90. The number of ether oxygens (including phenoxy) is 2. The first-order valence-corrected chi connectivity index (χ1v) is 6.81. The van der Waals surface area contributed by atoms with Crippen LogP contribution in [-0.4, -0.2) is 39.0 Å². The Morgan fingerprint density at radius 1 is 1.35 bits per heavy atom. The van der Waals surface area contributed by atoms with Crippen LogP contribution in [-0.2, 0) is 9.47 Å². The smallest absolute Gasteiger partial charge is 0.0912 e. The second-order valence-corrected chi connectivity index (χ2v) is 5.13. The third-order valence-electron chi connectivity index (χ3n) is 4.26. The van der Waals surface area contributed by atoms with Crippen LogP contribution in [0.2, 0.25) is 0 Å². The average Bonchev–Trinajstić information content (AvgIpc) is 2.42. The summed E-state index contributed by atoms with van der Waals surface area (Å²) in [6.07, 6.45) is 9.50. The maximum absolute atomic E-state index is 5.90. The molecule has 0 aromatic carbocycles. The van der Waals surface area contributed by atoms with Gasteiger partial charge in [0.15, 0.2) is 0 Å². The van der Waals surface area contributed by atoms with Crippen LogP contribution in [0, 0.1) is 0 Å². The number of allylic oxidation sites excluding steroid dienone is 1. The molecule has 1 unspecified atom stereocenters. The fourth-order valence-corrected chi connectivity index (χ4v) is 3.24. The molecule has 0 saturated carbocycles. The minimum Gasteiger partial charge on any atom is -0.381 e. The Morgan fingerprint density at radius 3 is 2.65 bits per heavy atom. The van der Waals surface area contributed by atoms with Crippen molar-refractivity contribution < 1.29 is 9.47 Å². The van der Waals surface area contributed by atoms with Gasteiger partial charge in [0.2, 0.25) is 0 Å². The summed E-state index contributed by atoms with van der Waals surface area (Å²) in [5.41, 5.74) is 1.48. The van der Waals surface area contributed by atoms with Crippen molar-refractivity contribution in [1.29, 1.82) is 0 Å². The van der Waals surface area contributed by atoms with Crippen LogP contribution in [0.4, 0.5) is 0 Å². The molecule has 1 atom stereocenters. The minimum absolute atomic E-state index is 0.0594.